The molecule has 0 bridgehead atoms. The summed E-state index contributed by atoms with van der Waals surface area (Å²) in [5, 5.41) is 4.10. The highest BCUT2D eigenvalue weighted by Crippen LogP contribution is 2.34. The van der Waals surface area contributed by atoms with Crippen LogP contribution in [0.3, 0.4) is 0 Å². The molecular weight excluding hydrogens is 416 g/mol. The minimum atomic E-state index is -0.841. The van der Waals surface area contributed by atoms with E-state index in [1.807, 2.05) is 17.0 Å². The Bertz CT molecular complexity index is 1080. The van der Waals surface area contributed by atoms with Gasteiger partial charge in [0.05, 0.1) is 0 Å². The lowest BCUT2D eigenvalue weighted by atomic mass is 10.1. The average Bonchev–Trinajstić information content (AvgIpc) is 3.51. The Balaban J connectivity index is 1.22. The van der Waals surface area contributed by atoms with Gasteiger partial charge in [-0.1, -0.05) is 24.1 Å². The highest BCUT2D eigenvalue weighted by atomic mass is 19.1. The van der Waals surface area contributed by atoms with Gasteiger partial charge in [-0.05, 0) is 37.1 Å². The van der Waals surface area contributed by atoms with Gasteiger partial charge in [0.25, 0.3) is 5.91 Å². The zero-order chi connectivity index (χ0) is 22.1. The summed E-state index contributed by atoms with van der Waals surface area (Å²) in [4.78, 5) is 25.1. The molecule has 1 amide bonds. The van der Waals surface area contributed by atoms with E-state index in [4.69, 9.17) is 4.52 Å². The largest absolute Gasteiger partial charge is 0.353 e. The molecule has 3 heterocycles. The molecule has 2 aliphatic rings. The van der Waals surface area contributed by atoms with Gasteiger partial charge in [-0.3, -0.25) is 4.79 Å². The second-order valence-corrected chi connectivity index (χ2v) is 8.22. The van der Waals surface area contributed by atoms with Crippen LogP contribution in [0.25, 0.3) is 11.4 Å². The minimum absolute atomic E-state index is 0.353. The molecule has 1 aromatic carbocycles. The van der Waals surface area contributed by atoms with Gasteiger partial charge in [-0.15, -0.1) is 0 Å². The Morgan fingerprint density at radius 2 is 1.72 bits per heavy atom. The number of benzene rings is 1. The highest BCUT2D eigenvalue weighted by Gasteiger charge is 2.27. The molecule has 2 fully saturated rings. The third-order valence-electron chi connectivity index (χ3n) is 6.22. The van der Waals surface area contributed by atoms with Crippen molar-refractivity contribution >= 4 is 11.7 Å². The van der Waals surface area contributed by atoms with Crippen LogP contribution >= 0.6 is 0 Å². The molecular formula is C23H23F2N5O2. The Morgan fingerprint density at radius 3 is 2.38 bits per heavy atom. The van der Waals surface area contributed by atoms with E-state index in [2.05, 4.69) is 15.1 Å². The quantitative estimate of drug-likeness (QED) is 0.611. The number of pyridine rings is 1. The third-order valence-corrected chi connectivity index (χ3v) is 6.22. The van der Waals surface area contributed by atoms with Crippen molar-refractivity contribution < 1.29 is 18.1 Å². The van der Waals surface area contributed by atoms with Crippen molar-refractivity contribution in [2.75, 3.05) is 31.1 Å². The molecule has 166 valence electrons. The molecule has 0 N–H and O–H groups in total. The van der Waals surface area contributed by atoms with Crippen molar-refractivity contribution in [1.29, 1.82) is 0 Å². The average molecular weight is 439 g/mol. The Morgan fingerprint density at radius 1 is 1.00 bits per heavy atom. The van der Waals surface area contributed by atoms with Gasteiger partial charge in [-0.2, -0.15) is 4.98 Å². The van der Waals surface area contributed by atoms with Crippen molar-refractivity contribution in [1.82, 2.24) is 20.0 Å². The molecule has 1 aliphatic carbocycles. The summed E-state index contributed by atoms with van der Waals surface area (Å²) in [6.45, 7) is 1.74. The normalized spacial score (nSPS) is 17.2. The van der Waals surface area contributed by atoms with Crippen LogP contribution in [-0.4, -0.2) is 52.1 Å². The summed E-state index contributed by atoms with van der Waals surface area (Å²) in [5.41, 5.74) is 0.283. The molecule has 1 saturated carbocycles. The highest BCUT2D eigenvalue weighted by molar-refractivity contribution is 5.95. The Hall–Kier alpha value is -3.36. The molecule has 0 spiro atoms. The fraction of sp³-hybridized carbons (Fsp3) is 0.391. The fourth-order valence-electron chi connectivity index (χ4n) is 4.40. The van der Waals surface area contributed by atoms with Gasteiger partial charge in [-0.25, -0.2) is 13.8 Å². The van der Waals surface area contributed by atoms with Crippen LogP contribution < -0.4 is 4.90 Å². The Kier molecular flexibility index (Phi) is 5.55. The number of amides is 1. The molecule has 2 aromatic heterocycles. The summed E-state index contributed by atoms with van der Waals surface area (Å²) < 4.78 is 33.3. The molecule has 32 heavy (non-hydrogen) atoms. The predicted molar refractivity (Wildman–Crippen MR) is 113 cm³/mol. The zero-order valence-corrected chi connectivity index (χ0v) is 17.5. The number of aromatic nitrogens is 3. The van der Waals surface area contributed by atoms with E-state index in [1.54, 1.807) is 6.20 Å². The number of carbonyl (C=O) groups is 1. The van der Waals surface area contributed by atoms with E-state index in [-0.39, 0.29) is 0 Å². The fourth-order valence-corrected chi connectivity index (χ4v) is 4.40. The van der Waals surface area contributed by atoms with E-state index in [0.29, 0.717) is 43.8 Å². The number of hydrogen-bond donors (Lipinski definition) is 0. The van der Waals surface area contributed by atoms with E-state index < -0.39 is 23.1 Å². The van der Waals surface area contributed by atoms with E-state index in [9.17, 15) is 13.6 Å². The zero-order valence-electron chi connectivity index (χ0n) is 17.5. The lowest BCUT2D eigenvalue weighted by Gasteiger charge is -2.35. The van der Waals surface area contributed by atoms with Crippen molar-refractivity contribution in [3.63, 3.8) is 0 Å². The lowest BCUT2D eigenvalue weighted by Crippen LogP contribution is -2.49. The van der Waals surface area contributed by atoms with Crippen LogP contribution in [0.4, 0.5) is 14.6 Å². The first-order chi connectivity index (χ1) is 15.6. The van der Waals surface area contributed by atoms with E-state index in [0.717, 1.165) is 36.4 Å². The number of anilines is 1. The number of piperazine rings is 1. The maximum absolute atomic E-state index is 13.9. The Labute approximate surface area is 184 Å². The predicted octanol–water partition coefficient (Wildman–Crippen LogP) is 4.03. The molecule has 1 aliphatic heterocycles. The van der Waals surface area contributed by atoms with Crippen LogP contribution in [0.15, 0.2) is 41.1 Å². The van der Waals surface area contributed by atoms with E-state index in [1.165, 1.54) is 23.8 Å². The van der Waals surface area contributed by atoms with Gasteiger partial charge in [0, 0.05) is 43.9 Å². The second-order valence-electron chi connectivity index (χ2n) is 8.22. The van der Waals surface area contributed by atoms with Crippen LogP contribution in [0.1, 0.15) is 47.8 Å². The number of carbonyl (C=O) groups excluding carboxylic acids is 1. The van der Waals surface area contributed by atoms with Gasteiger partial charge in [0.15, 0.2) is 0 Å². The minimum Gasteiger partial charge on any atom is -0.353 e. The number of hydrogen-bond acceptors (Lipinski definition) is 6. The summed E-state index contributed by atoms with van der Waals surface area (Å²) in [6.07, 6.45) is 6.30. The number of halogens is 2. The lowest BCUT2D eigenvalue weighted by molar-refractivity contribution is 0.0736. The molecule has 0 radical (unpaired) electrons. The number of nitrogens with zero attached hydrogens (tertiary/aromatic N) is 5. The molecule has 9 heteroatoms. The van der Waals surface area contributed by atoms with Crippen molar-refractivity contribution in [3.05, 3.63) is 59.6 Å². The second kappa shape index (κ2) is 8.64. The monoisotopic (exact) mass is 439 g/mol. The van der Waals surface area contributed by atoms with Gasteiger partial charge in [0.2, 0.25) is 11.7 Å². The summed E-state index contributed by atoms with van der Waals surface area (Å²) >= 11 is 0. The van der Waals surface area contributed by atoms with Crippen molar-refractivity contribution in [2.24, 2.45) is 0 Å². The van der Waals surface area contributed by atoms with Crippen molar-refractivity contribution in [2.45, 2.75) is 31.6 Å². The SMILES string of the molecule is O=C(c1c(F)cccc1F)N1CCN(c2ccc(-c3noc(C4CCCC4)n3)cn2)CC1. The van der Waals surface area contributed by atoms with E-state index >= 15 is 0 Å². The molecule has 5 rings (SSSR count). The van der Waals surface area contributed by atoms with Crippen LogP contribution in [0.5, 0.6) is 0 Å². The van der Waals surface area contributed by atoms with Crippen LogP contribution in [0, 0.1) is 11.6 Å². The number of rotatable bonds is 4. The maximum Gasteiger partial charge on any atom is 0.259 e. The van der Waals surface area contributed by atoms with Gasteiger partial charge >= 0.3 is 0 Å². The third kappa shape index (κ3) is 3.94. The molecule has 0 atom stereocenters. The maximum atomic E-state index is 13.9. The van der Waals surface area contributed by atoms with Gasteiger partial charge in [0.1, 0.15) is 23.0 Å². The molecule has 0 unspecified atom stereocenters. The van der Waals surface area contributed by atoms with Crippen LogP contribution in [-0.2, 0) is 0 Å². The summed E-state index contributed by atoms with van der Waals surface area (Å²) in [7, 11) is 0. The standard InChI is InChI=1S/C23H23F2N5O2/c24-17-6-3-7-18(25)20(17)23(31)30-12-10-29(11-13-30)19-9-8-16(14-26-19)21-27-22(32-28-21)15-4-1-2-5-15/h3,6-9,14-15H,1-2,4-5,10-13H2. The topological polar surface area (TPSA) is 75.4 Å². The van der Waals surface area contributed by atoms with Gasteiger partial charge < -0.3 is 14.3 Å². The first-order valence-corrected chi connectivity index (χ1v) is 10.9. The van der Waals surface area contributed by atoms with Crippen LogP contribution in [0.2, 0.25) is 0 Å². The molecule has 7 nitrogen and oxygen atoms in total. The van der Waals surface area contributed by atoms with Crippen molar-refractivity contribution in [3.8, 4) is 11.4 Å². The molecule has 3 aromatic rings. The first-order valence-electron chi connectivity index (χ1n) is 10.9. The summed E-state index contributed by atoms with van der Waals surface area (Å²) in [5.74, 6) is 0.0536. The smallest absolute Gasteiger partial charge is 0.259 e. The molecule has 1 saturated heterocycles. The first kappa shape index (κ1) is 20.5. The summed E-state index contributed by atoms with van der Waals surface area (Å²) in [6, 6.07) is 7.22.